The van der Waals surface area contributed by atoms with Gasteiger partial charge in [0, 0.05) is 31.7 Å². The molecule has 3 rings (SSSR count). The maximum Gasteiger partial charge on any atom is 0.202 e. The van der Waals surface area contributed by atoms with Crippen LogP contribution in [0.15, 0.2) is 42.4 Å². The number of aromatic nitrogens is 2. The molecule has 1 heterocycles. The largest absolute Gasteiger partial charge is 0.487 e. The molecule has 2 aromatic rings. The fraction of sp³-hybridized carbons (Fsp3) is 0.300. The third kappa shape index (κ3) is 5.15. The molecule has 29 heavy (non-hydrogen) atoms. The molecule has 0 radical (unpaired) electrons. The van der Waals surface area contributed by atoms with E-state index in [1.807, 2.05) is 0 Å². The molecule has 152 valence electrons. The van der Waals surface area contributed by atoms with Crippen LogP contribution in [-0.2, 0) is 19.1 Å². The highest BCUT2D eigenvalue weighted by molar-refractivity contribution is 6.18. The van der Waals surface area contributed by atoms with Crippen LogP contribution in [0.5, 0.6) is 11.5 Å². The molecule has 1 aromatic carbocycles. The molecule has 1 aliphatic rings. The summed E-state index contributed by atoms with van der Waals surface area (Å²) in [7, 11) is 3.17. The lowest BCUT2D eigenvalue weighted by atomic mass is 10.1. The van der Waals surface area contributed by atoms with Crippen LogP contribution in [0.2, 0.25) is 0 Å². The molecule has 1 N–H and O–H groups in total. The first-order valence-corrected chi connectivity index (χ1v) is 8.89. The van der Waals surface area contributed by atoms with Gasteiger partial charge in [-0.3, -0.25) is 9.59 Å². The Morgan fingerprint density at radius 2 is 1.59 bits per heavy atom. The maximum absolute atomic E-state index is 12.0. The number of hydrogen-bond donors (Lipinski definition) is 1. The summed E-state index contributed by atoms with van der Waals surface area (Å²) in [6, 6.07) is 3.45. The zero-order valence-corrected chi connectivity index (χ0v) is 16.1. The number of ketones is 2. The van der Waals surface area contributed by atoms with E-state index in [9.17, 15) is 9.59 Å². The monoisotopic (exact) mass is 399 g/mol. The van der Waals surface area contributed by atoms with Crippen molar-refractivity contribution in [3.8, 4) is 11.5 Å². The van der Waals surface area contributed by atoms with Crippen molar-refractivity contribution in [2.75, 3.05) is 46.0 Å². The Hall–Kier alpha value is -3.30. The molecular weight excluding hydrogens is 378 g/mol. The molecule has 9 nitrogen and oxygen atoms in total. The van der Waals surface area contributed by atoms with Crippen molar-refractivity contribution >= 4 is 28.3 Å². The number of ether oxygens (including phenoxy) is 4. The Morgan fingerprint density at radius 3 is 2.28 bits per heavy atom. The second-order valence-electron chi connectivity index (χ2n) is 6.00. The first-order chi connectivity index (χ1) is 14.1. The number of allylic oxidation sites excluding steroid dienone is 3. The highest BCUT2D eigenvalue weighted by Gasteiger charge is 2.17. The number of carbonyl (C=O) groups excluding carboxylic acids is 2. The summed E-state index contributed by atoms with van der Waals surface area (Å²) in [6.45, 7) is 1.49. The number of nitrogens with zero attached hydrogens (tertiary/aromatic N) is 2. The predicted molar refractivity (Wildman–Crippen MR) is 105 cm³/mol. The number of methoxy groups -OCH3 is 2. The second-order valence-corrected chi connectivity index (χ2v) is 6.00. The molecule has 1 aliphatic carbocycles. The number of rotatable bonds is 10. The van der Waals surface area contributed by atoms with E-state index >= 15 is 0 Å². The minimum Gasteiger partial charge on any atom is -0.487 e. The quantitative estimate of drug-likeness (QED) is 0.471. The molecule has 0 fully saturated rings. The van der Waals surface area contributed by atoms with Gasteiger partial charge >= 0.3 is 0 Å². The first kappa shape index (κ1) is 20.4. The summed E-state index contributed by atoms with van der Waals surface area (Å²) in [4.78, 5) is 32.1. The molecule has 0 aliphatic heterocycles. The number of anilines is 1. The molecule has 0 amide bonds. The number of carbonyl (C=O) groups is 2. The normalized spacial score (nSPS) is 13.5. The van der Waals surface area contributed by atoms with E-state index in [0.717, 1.165) is 0 Å². The van der Waals surface area contributed by atoms with Gasteiger partial charge in [-0.05, 0) is 18.2 Å². The van der Waals surface area contributed by atoms with Crippen LogP contribution in [0.1, 0.15) is 0 Å². The smallest absolute Gasteiger partial charge is 0.202 e. The van der Waals surface area contributed by atoms with Crippen molar-refractivity contribution in [1.82, 2.24) is 9.97 Å². The summed E-state index contributed by atoms with van der Waals surface area (Å²) in [5, 5.41) is 3.52. The fourth-order valence-electron chi connectivity index (χ4n) is 2.59. The summed E-state index contributed by atoms with van der Waals surface area (Å²) < 4.78 is 21.6. The van der Waals surface area contributed by atoms with Crippen molar-refractivity contribution in [1.29, 1.82) is 0 Å². The number of fused-ring (bicyclic) bond motifs is 1. The van der Waals surface area contributed by atoms with Gasteiger partial charge in [-0.1, -0.05) is 0 Å². The third-order valence-corrected chi connectivity index (χ3v) is 3.99. The lowest BCUT2D eigenvalue weighted by Crippen LogP contribution is -2.15. The summed E-state index contributed by atoms with van der Waals surface area (Å²) in [5.41, 5.74) is 0.722. The van der Waals surface area contributed by atoms with Gasteiger partial charge in [-0.2, -0.15) is 0 Å². The van der Waals surface area contributed by atoms with Crippen LogP contribution >= 0.6 is 0 Å². The topological polar surface area (TPSA) is 109 Å². The van der Waals surface area contributed by atoms with Crippen LogP contribution in [0.25, 0.3) is 10.9 Å². The Labute approximate surface area is 167 Å². The minimum atomic E-state index is -0.313. The summed E-state index contributed by atoms with van der Waals surface area (Å²) >= 11 is 0. The van der Waals surface area contributed by atoms with Crippen molar-refractivity contribution in [2.45, 2.75) is 0 Å². The highest BCUT2D eigenvalue weighted by atomic mass is 16.5. The summed E-state index contributed by atoms with van der Waals surface area (Å²) in [5.74, 6) is 0.762. The average Bonchev–Trinajstić information content (AvgIpc) is 2.71. The molecule has 0 spiro atoms. The minimum absolute atomic E-state index is 0.139. The molecule has 0 unspecified atom stereocenters. The number of benzene rings is 1. The van der Waals surface area contributed by atoms with E-state index in [1.54, 1.807) is 26.4 Å². The standard InChI is InChI=1S/C20H21N3O6/c1-26-5-7-28-18-10-14-15(11-19(18)29-8-6-27-2)21-12-22-20(14)23-16-9-13(24)3-4-17(16)25/h3-4,9-12H,5-8H2,1-2H3,(H,21,22,23). The van der Waals surface area contributed by atoms with Crippen LogP contribution in [0.4, 0.5) is 5.82 Å². The average molecular weight is 399 g/mol. The zero-order chi connectivity index (χ0) is 20.6. The Balaban J connectivity index is 1.95. The molecule has 0 saturated heterocycles. The van der Waals surface area contributed by atoms with Crippen molar-refractivity contribution in [2.24, 2.45) is 0 Å². The van der Waals surface area contributed by atoms with E-state index in [-0.39, 0.29) is 17.3 Å². The SMILES string of the molecule is COCCOc1cc2ncnc(NC3=CC(=O)C=CC3=O)c2cc1OCCOC. The van der Waals surface area contributed by atoms with Gasteiger partial charge in [0.2, 0.25) is 5.78 Å². The van der Waals surface area contributed by atoms with E-state index < -0.39 is 0 Å². The van der Waals surface area contributed by atoms with E-state index in [2.05, 4.69) is 15.3 Å². The fourth-order valence-corrected chi connectivity index (χ4v) is 2.59. The van der Waals surface area contributed by atoms with Gasteiger partial charge in [-0.15, -0.1) is 0 Å². The third-order valence-electron chi connectivity index (χ3n) is 3.99. The Bertz CT molecular complexity index is 970. The highest BCUT2D eigenvalue weighted by Crippen LogP contribution is 2.34. The van der Waals surface area contributed by atoms with Gasteiger partial charge in [-0.25, -0.2) is 9.97 Å². The van der Waals surface area contributed by atoms with Crippen molar-refractivity contribution in [3.63, 3.8) is 0 Å². The molecule has 0 saturated carbocycles. The second kappa shape index (κ2) is 9.76. The summed E-state index contributed by atoms with van der Waals surface area (Å²) in [6.07, 6.45) is 5.03. The molecule has 9 heteroatoms. The van der Waals surface area contributed by atoms with Crippen LogP contribution in [0.3, 0.4) is 0 Å². The Kier molecular flexibility index (Phi) is 6.88. The molecule has 0 bridgehead atoms. The first-order valence-electron chi connectivity index (χ1n) is 8.89. The van der Waals surface area contributed by atoms with Gasteiger partial charge in [0.05, 0.1) is 24.4 Å². The van der Waals surface area contributed by atoms with Crippen LogP contribution < -0.4 is 14.8 Å². The lowest BCUT2D eigenvalue weighted by molar-refractivity contribution is -0.114. The van der Waals surface area contributed by atoms with Gasteiger partial charge < -0.3 is 24.3 Å². The molecular formula is C20H21N3O6. The lowest BCUT2D eigenvalue weighted by Gasteiger charge is -2.16. The Morgan fingerprint density at radius 1 is 0.897 bits per heavy atom. The van der Waals surface area contributed by atoms with Crippen LogP contribution in [-0.4, -0.2) is 62.2 Å². The van der Waals surface area contributed by atoms with E-state index in [0.29, 0.717) is 54.6 Å². The molecule has 1 aromatic heterocycles. The van der Waals surface area contributed by atoms with Gasteiger partial charge in [0.25, 0.3) is 0 Å². The van der Waals surface area contributed by atoms with Crippen molar-refractivity contribution in [3.05, 3.63) is 42.4 Å². The van der Waals surface area contributed by atoms with Crippen molar-refractivity contribution < 1.29 is 28.5 Å². The zero-order valence-electron chi connectivity index (χ0n) is 16.1. The van der Waals surface area contributed by atoms with E-state index in [1.165, 1.54) is 24.6 Å². The van der Waals surface area contributed by atoms with Gasteiger partial charge in [0.1, 0.15) is 25.4 Å². The van der Waals surface area contributed by atoms with E-state index in [4.69, 9.17) is 18.9 Å². The molecule has 0 atom stereocenters. The number of hydrogen-bond acceptors (Lipinski definition) is 9. The number of nitrogens with one attached hydrogen (secondary N) is 1. The maximum atomic E-state index is 12.0. The van der Waals surface area contributed by atoms with Crippen LogP contribution in [0, 0.1) is 0 Å². The van der Waals surface area contributed by atoms with Gasteiger partial charge in [0.15, 0.2) is 17.3 Å². The predicted octanol–water partition coefficient (Wildman–Crippen LogP) is 1.68.